The maximum atomic E-state index is 13.4. The molecular formula is C36H31Cl4O4+. The lowest BCUT2D eigenvalue weighted by molar-refractivity contribution is -0.113. The first-order chi connectivity index (χ1) is 20.5. The largest absolute Gasteiger partial charge is 0.506 e. The van der Waals surface area contributed by atoms with Crippen molar-refractivity contribution in [3.05, 3.63) is 132 Å². The van der Waals surface area contributed by atoms with Gasteiger partial charge in [-0.25, -0.2) is 4.42 Å². The van der Waals surface area contributed by atoms with Gasteiger partial charge in [0, 0.05) is 17.0 Å². The average Bonchev–Trinajstić information content (AvgIpc) is 2.96. The van der Waals surface area contributed by atoms with Crippen LogP contribution in [-0.2, 0) is 14.9 Å². The first kappa shape index (κ1) is 32.1. The SMILES string of the molecule is CC(C)(C)C1=CC(=CC2=C(O)C(=Cc3cc(-c4ccc(Cl)c(Cl)c4)[o+]c(C(C)(C)C)c3)C2=O)C=C(c2ccc(Cl)c(Cl)c2)O1. The number of Topliss-reactive ketones (excluding diaryl/α,β-unsaturated/α-hetero) is 1. The van der Waals surface area contributed by atoms with E-state index in [9.17, 15) is 9.90 Å². The van der Waals surface area contributed by atoms with Crippen LogP contribution in [-0.4, -0.2) is 10.9 Å². The van der Waals surface area contributed by atoms with E-state index in [0.717, 1.165) is 11.1 Å². The summed E-state index contributed by atoms with van der Waals surface area (Å²) in [5, 5.41) is 12.8. The van der Waals surface area contributed by atoms with Crippen molar-refractivity contribution in [3.8, 4) is 11.3 Å². The minimum absolute atomic E-state index is 0.0848. The van der Waals surface area contributed by atoms with E-state index in [0.29, 0.717) is 54.3 Å². The maximum Gasteiger partial charge on any atom is 0.360 e. The lowest BCUT2D eigenvalue weighted by atomic mass is 9.84. The highest BCUT2D eigenvalue weighted by molar-refractivity contribution is 6.42. The Balaban J connectivity index is 1.55. The van der Waals surface area contributed by atoms with Gasteiger partial charge in [0.2, 0.25) is 5.78 Å². The van der Waals surface area contributed by atoms with E-state index in [-0.39, 0.29) is 33.5 Å². The summed E-state index contributed by atoms with van der Waals surface area (Å²) >= 11 is 24.8. The molecule has 2 aromatic carbocycles. The molecular weight excluding hydrogens is 638 g/mol. The minimum atomic E-state index is -0.324. The van der Waals surface area contributed by atoms with Crippen molar-refractivity contribution in [2.75, 3.05) is 0 Å². The third-order valence-electron chi connectivity index (χ3n) is 7.14. The Morgan fingerprint density at radius 2 is 1.36 bits per heavy atom. The highest BCUT2D eigenvalue weighted by Crippen LogP contribution is 2.40. The molecule has 0 unspecified atom stereocenters. The summed E-state index contributed by atoms with van der Waals surface area (Å²) in [5.74, 6) is 2.16. The third-order valence-corrected chi connectivity index (χ3v) is 8.62. The third kappa shape index (κ3) is 6.69. The summed E-state index contributed by atoms with van der Waals surface area (Å²) < 4.78 is 12.5. The summed E-state index contributed by atoms with van der Waals surface area (Å²) in [5.41, 5.74) is 2.65. The molecule has 1 aliphatic carbocycles. The first-order valence-corrected chi connectivity index (χ1v) is 15.5. The minimum Gasteiger partial charge on any atom is -0.506 e. The Bertz CT molecular complexity index is 1860. The van der Waals surface area contributed by atoms with Crippen molar-refractivity contribution in [1.82, 2.24) is 0 Å². The van der Waals surface area contributed by atoms with Gasteiger partial charge < -0.3 is 9.84 Å². The molecule has 1 aliphatic heterocycles. The summed E-state index contributed by atoms with van der Waals surface area (Å²) in [6.45, 7) is 12.2. The van der Waals surface area contributed by atoms with E-state index in [1.807, 2.05) is 78.0 Å². The molecule has 0 atom stereocenters. The van der Waals surface area contributed by atoms with Gasteiger partial charge in [-0.1, -0.05) is 67.2 Å². The molecule has 0 amide bonds. The van der Waals surface area contributed by atoms with Crippen molar-refractivity contribution in [2.24, 2.45) is 5.41 Å². The van der Waals surface area contributed by atoms with Gasteiger partial charge in [-0.15, -0.1) is 0 Å². The van der Waals surface area contributed by atoms with Crippen LogP contribution in [0.3, 0.4) is 0 Å². The van der Waals surface area contributed by atoms with E-state index < -0.39 is 0 Å². The zero-order valence-corrected chi connectivity index (χ0v) is 28.1. The standard InChI is InChI=1S/C36H30Cl4O4/c1-35(2,3)31-15-19(13-29(43-31)21-7-9-25(37)27(39)17-21)11-23-33(41)24(34(23)42)12-20-14-30(44-32(16-20)36(4,5)6)22-8-10-26(38)28(40)18-22/h7-18H,1-6H3/p+1. The zero-order chi connectivity index (χ0) is 32.1. The number of hydrogen-bond acceptors (Lipinski definition) is 3. The topological polar surface area (TPSA) is 57.8 Å². The predicted octanol–water partition coefficient (Wildman–Crippen LogP) is 11.8. The van der Waals surface area contributed by atoms with E-state index in [1.165, 1.54) is 0 Å². The Morgan fingerprint density at radius 1 is 0.750 bits per heavy atom. The number of allylic oxidation sites excluding steroid dienone is 7. The van der Waals surface area contributed by atoms with Crippen molar-refractivity contribution in [2.45, 2.75) is 47.0 Å². The number of ketones is 1. The number of carbonyl (C=O) groups is 1. The molecule has 44 heavy (non-hydrogen) atoms. The number of halogens is 4. The summed E-state index contributed by atoms with van der Waals surface area (Å²) in [7, 11) is 0. The van der Waals surface area contributed by atoms with Crippen molar-refractivity contribution in [3.63, 3.8) is 0 Å². The van der Waals surface area contributed by atoms with Crippen LogP contribution in [0.1, 0.15) is 58.4 Å². The summed E-state index contributed by atoms with van der Waals surface area (Å²) in [6, 6.07) is 14.2. The Morgan fingerprint density at radius 3 is 1.93 bits per heavy atom. The second kappa shape index (κ2) is 11.9. The number of benzene rings is 2. The highest BCUT2D eigenvalue weighted by Gasteiger charge is 2.35. The van der Waals surface area contributed by atoms with Gasteiger partial charge in [-0.2, -0.15) is 0 Å². The fraction of sp³-hybridized carbons (Fsp3) is 0.222. The molecule has 0 saturated heterocycles. The van der Waals surface area contributed by atoms with Crippen LogP contribution in [0.2, 0.25) is 20.1 Å². The molecule has 8 heteroatoms. The monoisotopic (exact) mass is 667 g/mol. The zero-order valence-electron chi connectivity index (χ0n) is 25.1. The molecule has 1 N–H and O–H groups in total. The normalized spacial score (nSPS) is 17.5. The smallest absolute Gasteiger partial charge is 0.360 e. The summed E-state index contributed by atoms with van der Waals surface area (Å²) in [6.07, 6.45) is 7.02. The molecule has 0 saturated carbocycles. The average molecular weight is 669 g/mol. The Kier molecular flexibility index (Phi) is 8.69. The molecule has 4 nitrogen and oxygen atoms in total. The predicted molar refractivity (Wildman–Crippen MR) is 181 cm³/mol. The van der Waals surface area contributed by atoms with Crippen LogP contribution < -0.4 is 0 Å². The molecule has 3 aromatic rings. The fourth-order valence-corrected chi connectivity index (χ4v) is 5.17. The van der Waals surface area contributed by atoms with Gasteiger partial charge in [0.05, 0.1) is 48.3 Å². The fourth-order valence-electron chi connectivity index (χ4n) is 4.58. The maximum absolute atomic E-state index is 13.4. The molecule has 1 aromatic heterocycles. The van der Waals surface area contributed by atoms with Gasteiger partial charge in [0.25, 0.3) is 0 Å². The van der Waals surface area contributed by atoms with Crippen LogP contribution in [0.15, 0.2) is 99.4 Å². The van der Waals surface area contributed by atoms with Crippen LogP contribution in [0.25, 0.3) is 23.2 Å². The van der Waals surface area contributed by atoms with Gasteiger partial charge in [-0.05, 0) is 92.6 Å². The quantitative estimate of drug-likeness (QED) is 0.222. The summed E-state index contributed by atoms with van der Waals surface area (Å²) in [4.78, 5) is 13.4. The second-order valence-electron chi connectivity index (χ2n) is 12.8. The number of rotatable bonds is 4. The number of aliphatic hydroxyl groups is 1. The number of carbonyl (C=O) groups excluding carboxylic acids is 1. The van der Waals surface area contributed by atoms with Gasteiger partial charge in [-0.3, -0.25) is 4.79 Å². The molecule has 5 rings (SSSR count). The Labute approximate surface area is 277 Å². The van der Waals surface area contributed by atoms with Crippen molar-refractivity contribution in [1.29, 1.82) is 0 Å². The number of hydrogen-bond donors (Lipinski definition) is 1. The molecule has 226 valence electrons. The number of aliphatic hydroxyl groups excluding tert-OH is 1. The molecule has 2 heterocycles. The lowest BCUT2D eigenvalue weighted by Crippen LogP contribution is -2.21. The molecule has 0 radical (unpaired) electrons. The van der Waals surface area contributed by atoms with Crippen LogP contribution in [0.5, 0.6) is 0 Å². The molecule has 0 bridgehead atoms. The number of ether oxygens (including phenoxy) is 1. The van der Waals surface area contributed by atoms with Crippen LogP contribution in [0, 0.1) is 5.41 Å². The van der Waals surface area contributed by atoms with E-state index >= 15 is 0 Å². The molecule has 2 aliphatic rings. The lowest BCUT2D eigenvalue weighted by Gasteiger charge is -2.28. The van der Waals surface area contributed by atoms with Gasteiger partial charge in [0.15, 0.2) is 0 Å². The van der Waals surface area contributed by atoms with Crippen LogP contribution >= 0.6 is 46.4 Å². The highest BCUT2D eigenvalue weighted by atomic mass is 35.5. The Hall–Kier alpha value is -3.28. The van der Waals surface area contributed by atoms with Crippen LogP contribution in [0.4, 0.5) is 0 Å². The molecule has 0 fully saturated rings. The first-order valence-electron chi connectivity index (χ1n) is 13.9. The van der Waals surface area contributed by atoms with Crippen molar-refractivity contribution >= 4 is 64.0 Å². The second-order valence-corrected chi connectivity index (χ2v) is 14.4. The molecule has 0 spiro atoms. The van der Waals surface area contributed by atoms with E-state index in [2.05, 4.69) is 0 Å². The van der Waals surface area contributed by atoms with Gasteiger partial charge in [0.1, 0.15) is 17.3 Å². The van der Waals surface area contributed by atoms with Crippen molar-refractivity contribution < 1.29 is 19.1 Å². The van der Waals surface area contributed by atoms with E-state index in [4.69, 9.17) is 55.6 Å². The van der Waals surface area contributed by atoms with E-state index in [1.54, 1.807) is 36.4 Å². The van der Waals surface area contributed by atoms with Gasteiger partial charge >= 0.3 is 11.5 Å².